The van der Waals surface area contributed by atoms with E-state index in [0.717, 1.165) is 28.1 Å². The monoisotopic (exact) mass is 437 g/mol. The Morgan fingerprint density at radius 2 is 1.76 bits per heavy atom. The molecule has 0 radical (unpaired) electrons. The van der Waals surface area contributed by atoms with Gasteiger partial charge in [0.2, 0.25) is 5.78 Å². The van der Waals surface area contributed by atoms with Crippen LogP contribution in [0.1, 0.15) is 21.6 Å². The first kappa shape index (κ1) is 20.6. The third-order valence-electron chi connectivity index (χ3n) is 5.86. The first-order valence-corrected chi connectivity index (χ1v) is 10.8. The fraction of sp³-hybridized carbons (Fsp3) is 0.154. The molecule has 1 aliphatic heterocycles. The van der Waals surface area contributed by atoms with Crippen molar-refractivity contribution in [3.8, 4) is 11.1 Å². The minimum absolute atomic E-state index is 0.364. The second-order valence-corrected chi connectivity index (χ2v) is 7.98. The first-order valence-electron chi connectivity index (χ1n) is 10.8. The average Bonchev–Trinajstić information content (AvgIpc) is 3.32. The minimum Gasteiger partial charge on any atom is -0.364 e. The second kappa shape index (κ2) is 9.08. The lowest BCUT2D eigenvalue weighted by Gasteiger charge is -2.24. The number of Topliss-reactive ketones (excluding diaryl/α,β-unsaturated/α-hetero) is 1. The van der Waals surface area contributed by atoms with E-state index in [1.165, 1.54) is 0 Å². The molecular formula is C26H23N5O2. The van der Waals surface area contributed by atoms with Crippen molar-refractivity contribution in [2.75, 3.05) is 18.0 Å². The Morgan fingerprint density at radius 3 is 2.52 bits per heavy atom. The van der Waals surface area contributed by atoms with Crippen molar-refractivity contribution >= 4 is 17.4 Å². The van der Waals surface area contributed by atoms with Crippen LogP contribution in [0.4, 0.5) is 5.69 Å². The molecule has 1 N–H and O–H groups in total. The summed E-state index contributed by atoms with van der Waals surface area (Å²) in [5, 5.41) is 0. The standard InChI is InChI=1S/C26H23N5O2/c32-25(20-4-2-1-3-5-20)26(33)31-13-12-30(17-23-15-28-18-29-23)24-7-6-21(14-22(24)16-31)19-8-10-27-11-9-19/h1-11,14-15,18H,12-13,16-17H2,(H,28,29). The summed E-state index contributed by atoms with van der Waals surface area (Å²) in [5.74, 6) is -0.966. The molecule has 1 aliphatic rings. The van der Waals surface area contributed by atoms with Crippen molar-refractivity contribution < 1.29 is 9.59 Å². The third kappa shape index (κ3) is 4.39. The van der Waals surface area contributed by atoms with Crippen LogP contribution < -0.4 is 4.90 Å². The van der Waals surface area contributed by atoms with Gasteiger partial charge in [-0.2, -0.15) is 0 Å². The van der Waals surface area contributed by atoms with Crippen LogP contribution in [0.3, 0.4) is 0 Å². The highest BCUT2D eigenvalue weighted by Gasteiger charge is 2.28. The molecule has 2 aromatic carbocycles. The van der Waals surface area contributed by atoms with E-state index in [1.54, 1.807) is 47.9 Å². The van der Waals surface area contributed by atoms with Gasteiger partial charge >= 0.3 is 0 Å². The Bertz CT molecular complexity index is 1260. The van der Waals surface area contributed by atoms with Crippen LogP contribution in [-0.2, 0) is 17.9 Å². The van der Waals surface area contributed by atoms with E-state index in [-0.39, 0.29) is 0 Å². The lowest BCUT2D eigenvalue weighted by molar-refractivity contribution is -0.126. The number of nitrogens with one attached hydrogen (secondary N) is 1. The number of amides is 1. The van der Waals surface area contributed by atoms with E-state index < -0.39 is 11.7 Å². The van der Waals surface area contributed by atoms with Gasteiger partial charge in [0.15, 0.2) is 0 Å². The molecule has 3 heterocycles. The molecule has 0 saturated heterocycles. The van der Waals surface area contributed by atoms with Crippen molar-refractivity contribution in [1.82, 2.24) is 19.9 Å². The lowest BCUT2D eigenvalue weighted by Crippen LogP contribution is -2.39. The van der Waals surface area contributed by atoms with Gasteiger partial charge in [-0.1, -0.05) is 36.4 Å². The fourth-order valence-corrected chi connectivity index (χ4v) is 4.16. The molecule has 0 bridgehead atoms. The second-order valence-electron chi connectivity index (χ2n) is 7.98. The molecule has 5 rings (SSSR count). The topological polar surface area (TPSA) is 82.2 Å². The highest BCUT2D eigenvalue weighted by atomic mass is 16.2. The van der Waals surface area contributed by atoms with Gasteiger partial charge in [0.05, 0.1) is 18.6 Å². The summed E-state index contributed by atoms with van der Waals surface area (Å²) in [6, 6.07) is 18.9. The zero-order valence-electron chi connectivity index (χ0n) is 18.0. The molecule has 0 unspecified atom stereocenters. The molecular weight excluding hydrogens is 414 g/mol. The van der Waals surface area contributed by atoms with E-state index in [1.807, 2.05) is 24.4 Å². The number of fused-ring (bicyclic) bond motifs is 1. The van der Waals surface area contributed by atoms with Crippen LogP contribution in [0.5, 0.6) is 0 Å². The maximum absolute atomic E-state index is 13.2. The summed E-state index contributed by atoms with van der Waals surface area (Å²) in [4.78, 5) is 41.4. The lowest BCUT2D eigenvalue weighted by atomic mass is 10.0. The minimum atomic E-state index is -0.483. The summed E-state index contributed by atoms with van der Waals surface area (Å²) in [7, 11) is 0. The van der Waals surface area contributed by atoms with E-state index in [2.05, 4.69) is 38.1 Å². The number of nitrogens with zero attached hydrogens (tertiary/aromatic N) is 4. The molecule has 0 aliphatic carbocycles. The van der Waals surface area contributed by atoms with Crippen LogP contribution in [0.15, 0.2) is 85.6 Å². The molecule has 7 heteroatoms. The van der Waals surface area contributed by atoms with Gasteiger partial charge in [0, 0.05) is 49.5 Å². The van der Waals surface area contributed by atoms with Gasteiger partial charge in [0.25, 0.3) is 5.91 Å². The maximum atomic E-state index is 13.2. The number of hydrogen-bond donors (Lipinski definition) is 1. The zero-order valence-corrected chi connectivity index (χ0v) is 18.0. The normalized spacial score (nSPS) is 13.3. The van der Waals surface area contributed by atoms with E-state index in [0.29, 0.717) is 31.7 Å². The summed E-state index contributed by atoms with van der Waals surface area (Å²) in [5.41, 5.74) is 5.45. The number of imidazole rings is 1. The van der Waals surface area contributed by atoms with Crippen LogP contribution in [0.2, 0.25) is 0 Å². The Kier molecular flexibility index (Phi) is 5.68. The van der Waals surface area contributed by atoms with E-state index in [4.69, 9.17) is 0 Å². The summed E-state index contributed by atoms with van der Waals surface area (Å²) < 4.78 is 0. The number of H-pyrrole nitrogens is 1. The highest BCUT2D eigenvalue weighted by Crippen LogP contribution is 2.31. The molecule has 33 heavy (non-hydrogen) atoms. The van der Waals surface area contributed by atoms with Crippen molar-refractivity contribution in [3.63, 3.8) is 0 Å². The smallest absolute Gasteiger partial charge is 0.295 e. The number of pyridine rings is 1. The van der Waals surface area contributed by atoms with Crippen molar-refractivity contribution in [1.29, 1.82) is 0 Å². The van der Waals surface area contributed by atoms with Gasteiger partial charge < -0.3 is 14.8 Å². The Balaban J connectivity index is 1.49. The molecule has 164 valence electrons. The number of ketones is 1. The number of carbonyl (C=O) groups excluding carboxylic acids is 2. The van der Waals surface area contributed by atoms with Crippen LogP contribution in [0.25, 0.3) is 11.1 Å². The Hall–Kier alpha value is -4.26. The maximum Gasteiger partial charge on any atom is 0.295 e. The SMILES string of the molecule is O=C(C(=O)N1CCN(Cc2c[nH]cn2)c2ccc(-c3ccncc3)cc2C1)c1ccccc1. The number of aromatic amines is 1. The Morgan fingerprint density at radius 1 is 0.939 bits per heavy atom. The molecule has 2 aromatic heterocycles. The van der Waals surface area contributed by atoms with Crippen molar-refractivity contribution in [2.45, 2.75) is 13.1 Å². The molecule has 0 saturated carbocycles. The predicted octanol–water partition coefficient (Wildman–Crippen LogP) is 3.70. The number of carbonyl (C=O) groups is 2. The van der Waals surface area contributed by atoms with E-state index in [9.17, 15) is 9.59 Å². The number of anilines is 1. The van der Waals surface area contributed by atoms with Gasteiger partial charge in [-0.05, 0) is 41.0 Å². The highest BCUT2D eigenvalue weighted by molar-refractivity contribution is 6.42. The van der Waals surface area contributed by atoms with Gasteiger partial charge in [-0.15, -0.1) is 0 Å². The third-order valence-corrected chi connectivity index (χ3v) is 5.86. The fourth-order valence-electron chi connectivity index (χ4n) is 4.16. The largest absolute Gasteiger partial charge is 0.364 e. The summed E-state index contributed by atoms with van der Waals surface area (Å²) in [6.45, 7) is 2.02. The number of rotatable bonds is 5. The first-order chi connectivity index (χ1) is 16.2. The molecule has 7 nitrogen and oxygen atoms in total. The van der Waals surface area contributed by atoms with Crippen LogP contribution in [-0.4, -0.2) is 44.6 Å². The van der Waals surface area contributed by atoms with Crippen molar-refractivity contribution in [3.05, 3.63) is 102 Å². The summed E-state index contributed by atoms with van der Waals surface area (Å²) >= 11 is 0. The van der Waals surface area contributed by atoms with E-state index >= 15 is 0 Å². The van der Waals surface area contributed by atoms with Crippen molar-refractivity contribution in [2.24, 2.45) is 0 Å². The molecule has 0 atom stereocenters. The van der Waals surface area contributed by atoms with Crippen LogP contribution in [0, 0.1) is 0 Å². The quantitative estimate of drug-likeness (QED) is 0.380. The average molecular weight is 438 g/mol. The van der Waals surface area contributed by atoms with Gasteiger partial charge in [-0.3, -0.25) is 14.6 Å². The Labute approximate surface area is 191 Å². The summed E-state index contributed by atoms with van der Waals surface area (Å²) in [6.07, 6.45) is 7.06. The van der Waals surface area contributed by atoms with Crippen LogP contribution >= 0.6 is 0 Å². The molecule has 1 amide bonds. The van der Waals surface area contributed by atoms with Gasteiger partial charge in [-0.25, -0.2) is 4.98 Å². The molecule has 4 aromatic rings. The molecule has 0 spiro atoms. The predicted molar refractivity (Wildman–Crippen MR) is 126 cm³/mol. The molecule has 0 fully saturated rings. The zero-order chi connectivity index (χ0) is 22.6. The number of benzene rings is 2. The van der Waals surface area contributed by atoms with Gasteiger partial charge in [0.1, 0.15) is 0 Å². The number of aromatic nitrogens is 3. The number of hydrogen-bond acceptors (Lipinski definition) is 5.